The lowest BCUT2D eigenvalue weighted by Gasteiger charge is -2.10. The Hall–Kier alpha value is -0.995. The molecule has 0 aliphatic carbocycles. The van der Waals surface area contributed by atoms with Gasteiger partial charge in [0.2, 0.25) is 5.89 Å². The van der Waals surface area contributed by atoms with Crippen molar-refractivity contribution in [2.24, 2.45) is 0 Å². The van der Waals surface area contributed by atoms with Crippen molar-refractivity contribution < 1.29 is 4.42 Å². The van der Waals surface area contributed by atoms with Gasteiger partial charge in [-0.3, -0.25) is 0 Å². The second kappa shape index (κ2) is 2.00. The normalized spacial score (nSPS) is 11.8. The molecule has 0 aliphatic heterocycles. The molecule has 0 fully saturated rings. The molecular weight excluding hydrogens is 131 g/mol. The number of H-pyrrole nitrogens is 1. The van der Waals surface area contributed by atoms with E-state index in [1.54, 1.807) is 13.8 Å². The average Bonchev–Trinajstić information content (AvgIpc) is 2.11. The molecule has 0 spiro atoms. The standard InChI is InChI=1S/C5H7BN2O2/c1-5(2,6)3-7-8-4(9)10-3/h1-2H3,(H,8,9). The molecule has 52 valence electrons. The fraction of sp³-hybridized carbons (Fsp3) is 0.600. The largest absolute Gasteiger partial charge is 0.434 e. The van der Waals surface area contributed by atoms with Crippen LogP contribution >= 0.6 is 0 Å². The van der Waals surface area contributed by atoms with E-state index in [-0.39, 0.29) is 5.89 Å². The van der Waals surface area contributed by atoms with Crippen LogP contribution < -0.4 is 5.76 Å². The Bertz CT molecular complexity index is 270. The molecular formula is C5H7BN2O2. The van der Waals surface area contributed by atoms with Crippen molar-refractivity contribution >= 4 is 7.85 Å². The summed E-state index contributed by atoms with van der Waals surface area (Å²) >= 11 is 0. The minimum Gasteiger partial charge on any atom is -0.393 e. The third-order valence-electron chi connectivity index (χ3n) is 0.989. The summed E-state index contributed by atoms with van der Waals surface area (Å²) in [7, 11) is 5.55. The molecule has 1 aromatic rings. The van der Waals surface area contributed by atoms with Crippen LogP contribution in [-0.2, 0) is 5.31 Å². The second-order valence-corrected chi connectivity index (χ2v) is 2.64. The summed E-state index contributed by atoms with van der Waals surface area (Å²) in [6.45, 7) is 3.40. The van der Waals surface area contributed by atoms with Gasteiger partial charge in [0.05, 0.1) is 7.85 Å². The van der Waals surface area contributed by atoms with E-state index in [2.05, 4.69) is 14.6 Å². The van der Waals surface area contributed by atoms with Gasteiger partial charge in [0, 0.05) is 5.31 Å². The highest BCUT2D eigenvalue weighted by Gasteiger charge is 2.19. The Morgan fingerprint density at radius 3 is 2.50 bits per heavy atom. The number of hydrogen-bond donors (Lipinski definition) is 1. The van der Waals surface area contributed by atoms with Crippen LogP contribution in [-0.4, -0.2) is 18.0 Å². The zero-order chi connectivity index (χ0) is 7.78. The Labute approximate surface area is 59.0 Å². The van der Waals surface area contributed by atoms with Crippen LogP contribution in [0, 0.1) is 0 Å². The Morgan fingerprint density at radius 2 is 2.30 bits per heavy atom. The molecule has 2 radical (unpaired) electrons. The SMILES string of the molecule is [B]C(C)(C)c1n[nH]c(=O)o1. The molecule has 10 heavy (non-hydrogen) atoms. The molecule has 0 saturated heterocycles. The summed E-state index contributed by atoms with van der Waals surface area (Å²) in [6.07, 6.45) is 0. The van der Waals surface area contributed by atoms with Crippen molar-refractivity contribution in [2.45, 2.75) is 19.2 Å². The predicted octanol–water partition coefficient (Wildman–Crippen LogP) is -0.233. The van der Waals surface area contributed by atoms with Crippen molar-refractivity contribution in [3.63, 3.8) is 0 Å². The molecule has 0 unspecified atom stereocenters. The van der Waals surface area contributed by atoms with E-state index in [9.17, 15) is 4.79 Å². The van der Waals surface area contributed by atoms with Gasteiger partial charge in [-0.1, -0.05) is 13.8 Å². The molecule has 0 bridgehead atoms. The first-order chi connectivity index (χ1) is 4.50. The summed E-state index contributed by atoms with van der Waals surface area (Å²) < 4.78 is 4.60. The third kappa shape index (κ3) is 1.29. The molecule has 0 amide bonds. The van der Waals surface area contributed by atoms with E-state index in [1.807, 2.05) is 0 Å². The molecule has 1 rings (SSSR count). The molecule has 0 atom stereocenters. The predicted molar refractivity (Wildman–Crippen MR) is 35.9 cm³/mol. The summed E-state index contributed by atoms with van der Waals surface area (Å²) in [6, 6.07) is 0. The molecule has 1 aromatic heterocycles. The first-order valence-corrected chi connectivity index (χ1v) is 2.85. The highest BCUT2D eigenvalue weighted by Crippen LogP contribution is 2.12. The van der Waals surface area contributed by atoms with Gasteiger partial charge in [0.15, 0.2) is 0 Å². The maximum Gasteiger partial charge on any atom is 0.434 e. The minimum absolute atomic E-state index is 0.220. The van der Waals surface area contributed by atoms with Gasteiger partial charge >= 0.3 is 5.76 Å². The smallest absolute Gasteiger partial charge is 0.393 e. The average molecular weight is 138 g/mol. The van der Waals surface area contributed by atoms with Gasteiger partial charge < -0.3 is 4.42 Å². The number of aromatic amines is 1. The Balaban J connectivity index is 3.07. The van der Waals surface area contributed by atoms with Crippen LogP contribution in [0.25, 0.3) is 0 Å². The van der Waals surface area contributed by atoms with Crippen LogP contribution in [0.15, 0.2) is 9.21 Å². The molecule has 0 aliphatic rings. The maximum absolute atomic E-state index is 10.4. The third-order valence-corrected chi connectivity index (χ3v) is 0.989. The summed E-state index contributed by atoms with van der Waals surface area (Å²) in [4.78, 5) is 10.4. The highest BCUT2D eigenvalue weighted by molar-refractivity contribution is 6.14. The monoisotopic (exact) mass is 138 g/mol. The first-order valence-electron chi connectivity index (χ1n) is 2.85. The zero-order valence-electron chi connectivity index (χ0n) is 5.84. The Morgan fingerprint density at radius 1 is 1.70 bits per heavy atom. The molecule has 0 aromatic carbocycles. The number of nitrogens with zero attached hydrogens (tertiary/aromatic N) is 1. The molecule has 1 N–H and O–H groups in total. The van der Waals surface area contributed by atoms with Crippen LogP contribution in [0.5, 0.6) is 0 Å². The number of hydrogen-bond acceptors (Lipinski definition) is 3. The fourth-order valence-corrected chi connectivity index (χ4v) is 0.505. The molecule has 1 heterocycles. The quantitative estimate of drug-likeness (QED) is 0.545. The van der Waals surface area contributed by atoms with Gasteiger partial charge in [-0.25, -0.2) is 9.89 Å². The minimum atomic E-state index is -0.695. The highest BCUT2D eigenvalue weighted by atomic mass is 16.4. The van der Waals surface area contributed by atoms with E-state index < -0.39 is 11.1 Å². The van der Waals surface area contributed by atoms with Gasteiger partial charge in [-0.15, -0.1) is 5.10 Å². The van der Waals surface area contributed by atoms with E-state index in [0.717, 1.165) is 0 Å². The van der Waals surface area contributed by atoms with E-state index >= 15 is 0 Å². The summed E-state index contributed by atoms with van der Waals surface area (Å²) in [5.74, 6) is -0.356. The first kappa shape index (κ1) is 7.12. The lowest BCUT2D eigenvalue weighted by Crippen LogP contribution is -2.17. The maximum atomic E-state index is 10.4. The lowest BCUT2D eigenvalue weighted by atomic mass is 9.72. The van der Waals surface area contributed by atoms with Gasteiger partial charge in [0.1, 0.15) is 0 Å². The van der Waals surface area contributed by atoms with Crippen molar-refractivity contribution in [3.8, 4) is 0 Å². The van der Waals surface area contributed by atoms with Crippen molar-refractivity contribution in [1.82, 2.24) is 10.2 Å². The summed E-state index contributed by atoms with van der Waals surface area (Å²) in [5.41, 5.74) is 0. The lowest BCUT2D eigenvalue weighted by molar-refractivity contribution is 0.422. The topological polar surface area (TPSA) is 58.9 Å². The Kier molecular flexibility index (Phi) is 1.43. The van der Waals surface area contributed by atoms with Crippen molar-refractivity contribution in [3.05, 3.63) is 16.4 Å². The van der Waals surface area contributed by atoms with Gasteiger partial charge in [-0.2, -0.15) is 0 Å². The zero-order valence-corrected chi connectivity index (χ0v) is 5.84. The van der Waals surface area contributed by atoms with Crippen LogP contribution in [0.1, 0.15) is 19.7 Å². The number of rotatable bonds is 1. The fourth-order valence-electron chi connectivity index (χ4n) is 0.505. The van der Waals surface area contributed by atoms with Crippen molar-refractivity contribution in [2.75, 3.05) is 0 Å². The molecule has 4 nitrogen and oxygen atoms in total. The summed E-state index contributed by atoms with van der Waals surface area (Å²) in [5, 5.41) is 4.99. The molecule has 5 heteroatoms. The van der Waals surface area contributed by atoms with Gasteiger partial charge in [-0.05, 0) is 0 Å². The van der Waals surface area contributed by atoms with E-state index in [1.165, 1.54) is 0 Å². The van der Waals surface area contributed by atoms with Crippen LogP contribution in [0.4, 0.5) is 0 Å². The molecule has 0 saturated carbocycles. The van der Waals surface area contributed by atoms with Crippen LogP contribution in [0.2, 0.25) is 0 Å². The second-order valence-electron chi connectivity index (χ2n) is 2.64. The number of nitrogens with one attached hydrogen (secondary N) is 1. The van der Waals surface area contributed by atoms with Crippen LogP contribution in [0.3, 0.4) is 0 Å². The van der Waals surface area contributed by atoms with E-state index in [0.29, 0.717) is 0 Å². The van der Waals surface area contributed by atoms with Gasteiger partial charge in [0.25, 0.3) is 0 Å². The van der Waals surface area contributed by atoms with Crippen molar-refractivity contribution in [1.29, 1.82) is 0 Å². The van der Waals surface area contributed by atoms with E-state index in [4.69, 9.17) is 7.85 Å². The number of aromatic nitrogens is 2.